The maximum atomic E-state index is 12.6. The van der Waals surface area contributed by atoms with Gasteiger partial charge in [-0.3, -0.25) is 4.79 Å². The smallest absolute Gasteiger partial charge is 0.224 e. The van der Waals surface area contributed by atoms with E-state index in [-0.39, 0.29) is 23.3 Å². The Morgan fingerprint density at radius 2 is 2.00 bits per heavy atom. The minimum atomic E-state index is 0.0498. The first-order valence-corrected chi connectivity index (χ1v) is 9.18. The third-order valence-electron chi connectivity index (χ3n) is 6.18. The Hall–Kier alpha value is -0.870. The van der Waals surface area contributed by atoms with Gasteiger partial charge in [0.25, 0.3) is 0 Å². The number of nitrogens with one attached hydrogen (secondary N) is 1. The zero-order valence-electron chi connectivity index (χ0n) is 12.7. The summed E-state index contributed by atoms with van der Waals surface area (Å²) in [5.41, 5.74) is 7.75. The van der Waals surface area contributed by atoms with Crippen LogP contribution in [0.1, 0.15) is 37.7 Å². The third-order valence-corrected chi connectivity index (χ3v) is 6.87. The topological polar surface area (TPSA) is 55.1 Å². The molecule has 118 valence electrons. The van der Waals surface area contributed by atoms with E-state index < -0.39 is 0 Å². The quantitative estimate of drug-likeness (QED) is 0.864. The zero-order valence-corrected chi connectivity index (χ0v) is 14.3. The van der Waals surface area contributed by atoms with Crippen LogP contribution in [0.25, 0.3) is 0 Å². The molecule has 3 nitrogen and oxygen atoms in total. The third kappa shape index (κ3) is 2.31. The number of fused-ring (bicyclic) bond motifs is 2. The van der Waals surface area contributed by atoms with Crippen LogP contribution in [0.15, 0.2) is 28.7 Å². The van der Waals surface area contributed by atoms with E-state index in [9.17, 15) is 4.79 Å². The van der Waals surface area contributed by atoms with Crippen molar-refractivity contribution in [2.24, 2.45) is 23.5 Å². The van der Waals surface area contributed by atoms with Crippen LogP contribution in [0.4, 0.5) is 0 Å². The predicted molar refractivity (Wildman–Crippen MR) is 90.4 cm³/mol. The minimum Gasteiger partial charge on any atom is -0.355 e. The van der Waals surface area contributed by atoms with Crippen LogP contribution < -0.4 is 11.1 Å². The number of hydrogen-bond acceptors (Lipinski definition) is 2. The number of nitrogens with two attached hydrogens (primary N) is 1. The molecule has 1 amide bonds. The van der Waals surface area contributed by atoms with E-state index >= 15 is 0 Å². The number of carbonyl (C=O) groups excluding carboxylic acids is 1. The largest absolute Gasteiger partial charge is 0.355 e. The zero-order chi connectivity index (χ0) is 15.3. The van der Waals surface area contributed by atoms with E-state index in [1.807, 2.05) is 6.07 Å². The number of hydrogen-bond donors (Lipinski definition) is 2. The number of rotatable bonds is 4. The molecule has 0 heterocycles. The molecule has 4 atom stereocenters. The number of amides is 1. The van der Waals surface area contributed by atoms with Crippen LogP contribution in [-0.2, 0) is 10.2 Å². The first-order valence-electron chi connectivity index (χ1n) is 8.39. The standard InChI is InChI=1S/C18H23BrN2O/c19-14-4-2-1-3-13(14)18(7-8-18)10-21-17(22)15-11-5-6-12(9-11)16(15)20/h1-4,11-12,15-16H,5-10,20H2,(H,21,22). The molecule has 3 fully saturated rings. The fraction of sp³-hybridized carbons (Fsp3) is 0.611. The molecule has 3 aliphatic carbocycles. The lowest BCUT2D eigenvalue weighted by atomic mass is 9.84. The summed E-state index contributed by atoms with van der Waals surface area (Å²) in [7, 11) is 0. The molecule has 4 rings (SSSR count). The molecular weight excluding hydrogens is 340 g/mol. The van der Waals surface area contributed by atoms with Gasteiger partial charge in [-0.15, -0.1) is 0 Å². The van der Waals surface area contributed by atoms with Crippen molar-refractivity contribution in [3.63, 3.8) is 0 Å². The average molecular weight is 363 g/mol. The molecule has 3 N–H and O–H groups in total. The Morgan fingerprint density at radius 1 is 1.27 bits per heavy atom. The summed E-state index contributed by atoms with van der Waals surface area (Å²) in [6, 6.07) is 8.46. The Bertz CT molecular complexity index is 597. The second kappa shape index (κ2) is 5.34. The highest BCUT2D eigenvalue weighted by Gasteiger charge is 2.50. The summed E-state index contributed by atoms with van der Waals surface area (Å²) in [6.07, 6.45) is 5.87. The molecule has 0 saturated heterocycles. The Kier molecular flexibility index (Phi) is 3.57. The molecule has 1 aromatic carbocycles. The lowest BCUT2D eigenvalue weighted by Gasteiger charge is -2.28. The van der Waals surface area contributed by atoms with Crippen LogP contribution in [0.2, 0.25) is 0 Å². The molecule has 4 unspecified atom stereocenters. The number of benzene rings is 1. The van der Waals surface area contributed by atoms with Crippen molar-refractivity contribution < 1.29 is 4.79 Å². The fourth-order valence-electron chi connectivity index (χ4n) is 4.68. The van der Waals surface area contributed by atoms with Gasteiger partial charge in [0, 0.05) is 22.5 Å². The van der Waals surface area contributed by atoms with Crippen molar-refractivity contribution in [1.82, 2.24) is 5.32 Å². The molecule has 0 spiro atoms. The fourth-order valence-corrected chi connectivity index (χ4v) is 5.39. The molecule has 3 saturated carbocycles. The van der Waals surface area contributed by atoms with Gasteiger partial charge in [0.2, 0.25) is 5.91 Å². The van der Waals surface area contributed by atoms with E-state index in [4.69, 9.17) is 5.73 Å². The lowest BCUT2D eigenvalue weighted by molar-refractivity contribution is -0.127. The Balaban J connectivity index is 1.43. The summed E-state index contributed by atoms with van der Waals surface area (Å²) < 4.78 is 1.15. The average Bonchev–Trinajstić information content (AvgIpc) is 3.03. The van der Waals surface area contributed by atoms with Crippen molar-refractivity contribution in [3.8, 4) is 0 Å². The molecule has 3 aliphatic rings. The van der Waals surface area contributed by atoms with Gasteiger partial charge in [0.15, 0.2) is 0 Å². The SMILES string of the molecule is NC1C2CCC(C2)C1C(=O)NCC1(c2ccccc2Br)CC1. The van der Waals surface area contributed by atoms with Gasteiger partial charge in [-0.05, 0) is 55.6 Å². The molecule has 4 heteroatoms. The summed E-state index contributed by atoms with van der Waals surface area (Å²) in [5.74, 6) is 1.35. The molecule has 1 aromatic rings. The van der Waals surface area contributed by atoms with Crippen LogP contribution in [0.5, 0.6) is 0 Å². The van der Waals surface area contributed by atoms with E-state index in [0.717, 1.165) is 30.3 Å². The van der Waals surface area contributed by atoms with Crippen LogP contribution >= 0.6 is 15.9 Å². The molecule has 0 aliphatic heterocycles. The second-order valence-corrected chi connectivity index (χ2v) is 8.27. The molecular formula is C18H23BrN2O. The predicted octanol–water partition coefficient (Wildman–Crippen LogP) is 2.97. The van der Waals surface area contributed by atoms with Crippen LogP contribution in [0.3, 0.4) is 0 Å². The van der Waals surface area contributed by atoms with Gasteiger partial charge in [-0.1, -0.05) is 34.1 Å². The van der Waals surface area contributed by atoms with Crippen molar-refractivity contribution in [1.29, 1.82) is 0 Å². The van der Waals surface area contributed by atoms with E-state index in [2.05, 4.69) is 39.4 Å². The monoisotopic (exact) mass is 362 g/mol. The van der Waals surface area contributed by atoms with Crippen molar-refractivity contribution in [2.75, 3.05) is 6.54 Å². The van der Waals surface area contributed by atoms with Crippen LogP contribution in [0, 0.1) is 17.8 Å². The van der Waals surface area contributed by atoms with Crippen LogP contribution in [-0.4, -0.2) is 18.5 Å². The maximum Gasteiger partial charge on any atom is 0.224 e. The highest BCUT2D eigenvalue weighted by molar-refractivity contribution is 9.10. The number of carbonyl (C=O) groups is 1. The molecule has 2 bridgehead atoms. The normalized spacial score (nSPS) is 34.6. The highest BCUT2D eigenvalue weighted by atomic mass is 79.9. The molecule has 0 radical (unpaired) electrons. The van der Waals surface area contributed by atoms with E-state index in [1.165, 1.54) is 18.4 Å². The molecule has 0 aromatic heterocycles. The summed E-state index contributed by atoms with van der Waals surface area (Å²) in [6.45, 7) is 0.745. The van der Waals surface area contributed by atoms with Gasteiger partial charge in [-0.25, -0.2) is 0 Å². The second-order valence-electron chi connectivity index (χ2n) is 7.41. The molecule has 22 heavy (non-hydrogen) atoms. The van der Waals surface area contributed by atoms with Gasteiger partial charge in [0.05, 0.1) is 5.92 Å². The van der Waals surface area contributed by atoms with Crippen molar-refractivity contribution in [3.05, 3.63) is 34.3 Å². The summed E-state index contributed by atoms with van der Waals surface area (Å²) in [5, 5.41) is 3.23. The van der Waals surface area contributed by atoms with Gasteiger partial charge in [-0.2, -0.15) is 0 Å². The Labute approximate surface area is 140 Å². The lowest BCUT2D eigenvalue weighted by Crippen LogP contribution is -2.46. The Morgan fingerprint density at radius 3 is 2.64 bits per heavy atom. The van der Waals surface area contributed by atoms with Crippen molar-refractivity contribution in [2.45, 2.75) is 43.6 Å². The van der Waals surface area contributed by atoms with Gasteiger partial charge in [0.1, 0.15) is 0 Å². The van der Waals surface area contributed by atoms with Crippen molar-refractivity contribution >= 4 is 21.8 Å². The first kappa shape index (κ1) is 14.7. The van der Waals surface area contributed by atoms with Gasteiger partial charge >= 0.3 is 0 Å². The summed E-state index contributed by atoms with van der Waals surface area (Å²) >= 11 is 3.65. The van der Waals surface area contributed by atoms with Gasteiger partial charge < -0.3 is 11.1 Å². The highest BCUT2D eigenvalue weighted by Crippen LogP contribution is 2.51. The maximum absolute atomic E-state index is 12.6. The van der Waals surface area contributed by atoms with E-state index in [1.54, 1.807) is 0 Å². The summed E-state index contributed by atoms with van der Waals surface area (Å²) in [4.78, 5) is 12.6. The first-order chi connectivity index (χ1) is 10.6. The van der Waals surface area contributed by atoms with E-state index in [0.29, 0.717) is 11.8 Å². The number of halogens is 1. The minimum absolute atomic E-state index is 0.0498.